The van der Waals surface area contributed by atoms with E-state index in [-0.39, 0.29) is 0 Å². The highest BCUT2D eigenvalue weighted by Crippen LogP contribution is 2.14. The van der Waals surface area contributed by atoms with E-state index in [0.29, 0.717) is 0 Å². The summed E-state index contributed by atoms with van der Waals surface area (Å²) in [5.74, 6) is 0. The quantitative estimate of drug-likeness (QED) is 0.627. The van der Waals surface area contributed by atoms with Gasteiger partial charge in [0, 0.05) is 48.6 Å². The number of halogens is 1. The minimum absolute atomic E-state index is 0.819. The van der Waals surface area contributed by atoms with Gasteiger partial charge in [0.05, 0.1) is 11.9 Å². The Morgan fingerprint density at radius 3 is 2.58 bits per heavy atom. The fourth-order valence-corrected chi connectivity index (χ4v) is 2.74. The van der Waals surface area contributed by atoms with Crippen molar-refractivity contribution < 1.29 is 0 Å². The Bertz CT molecular complexity index is 753. The van der Waals surface area contributed by atoms with Crippen molar-refractivity contribution in [3.05, 3.63) is 77.0 Å². The molecular formula is C19H21BrN4. The topological polar surface area (TPSA) is 33.1 Å². The Kier molecular flexibility index (Phi) is 5.67. The van der Waals surface area contributed by atoms with Gasteiger partial charge in [0.25, 0.3) is 0 Å². The zero-order valence-electron chi connectivity index (χ0n) is 13.7. The maximum atomic E-state index is 4.43. The van der Waals surface area contributed by atoms with Gasteiger partial charge in [-0.2, -0.15) is 5.10 Å². The first-order valence-electron chi connectivity index (χ1n) is 7.99. The summed E-state index contributed by atoms with van der Waals surface area (Å²) in [4.78, 5) is 2.25. The van der Waals surface area contributed by atoms with E-state index >= 15 is 0 Å². The lowest BCUT2D eigenvalue weighted by Crippen LogP contribution is -2.28. The van der Waals surface area contributed by atoms with Crippen LogP contribution >= 0.6 is 15.9 Å². The van der Waals surface area contributed by atoms with Crippen molar-refractivity contribution >= 4 is 21.6 Å². The minimum atomic E-state index is 0.819. The summed E-state index contributed by atoms with van der Waals surface area (Å²) in [7, 11) is 2.11. The van der Waals surface area contributed by atoms with Gasteiger partial charge in [-0.15, -0.1) is 0 Å². The number of hydrogen-bond donors (Lipinski definition) is 1. The molecule has 3 rings (SSSR count). The van der Waals surface area contributed by atoms with E-state index in [1.807, 2.05) is 41.2 Å². The predicted octanol–water partition coefficient (Wildman–Crippen LogP) is 3.86. The normalized spacial score (nSPS) is 10.8. The highest BCUT2D eigenvalue weighted by Gasteiger charge is 2.02. The van der Waals surface area contributed by atoms with E-state index in [0.717, 1.165) is 29.8 Å². The largest absolute Gasteiger partial charge is 0.373 e. The molecule has 0 saturated carbocycles. The number of likely N-dealkylation sites (N-methyl/N-ethyl adjacent to an activating group) is 1. The zero-order chi connectivity index (χ0) is 16.8. The van der Waals surface area contributed by atoms with Crippen LogP contribution in [0.2, 0.25) is 0 Å². The second kappa shape index (κ2) is 8.13. The highest BCUT2D eigenvalue weighted by molar-refractivity contribution is 9.10. The van der Waals surface area contributed by atoms with Crippen molar-refractivity contribution in [1.82, 2.24) is 15.1 Å². The molecule has 0 aliphatic heterocycles. The lowest BCUT2D eigenvalue weighted by Gasteiger charge is -2.19. The molecule has 4 nitrogen and oxygen atoms in total. The second-order valence-electron chi connectivity index (χ2n) is 5.70. The highest BCUT2D eigenvalue weighted by atomic mass is 79.9. The zero-order valence-corrected chi connectivity index (χ0v) is 15.3. The SMILES string of the molecule is CN(CCNCc1cnn(-c2ccc(Br)cc2)c1)c1ccccc1. The molecule has 24 heavy (non-hydrogen) atoms. The van der Waals surface area contributed by atoms with Crippen LogP contribution < -0.4 is 10.2 Å². The van der Waals surface area contributed by atoms with Crippen molar-refractivity contribution in [2.75, 3.05) is 25.0 Å². The third-order valence-electron chi connectivity index (χ3n) is 3.88. The van der Waals surface area contributed by atoms with Crippen LogP contribution in [0.15, 0.2) is 71.5 Å². The molecule has 0 aliphatic carbocycles. The third kappa shape index (κ3) is 4.46. The minimum Gasteiger partial charge on any atom is -0.373 e. The first-order chi connectivity index (χ1) is 11.7. The summed E-state index contributed by atoms with van der Waals surface area (Å²) in [5, 5.41) is 7.90. The number of rotatable bonds is 7. The van der Waals surface area contributed by atoms with Gasteiger partial charge in [-0.05, 0) is 36.4 Å². The Labute approximate surface area is 151 Å². The van der Waals surface area contributed by atoms with E-state index in [2.05, 4.69) is 68.8 Å². The van der Waals surface area contributed by atoms with Crippen molar-refractivity contribution in [2.24, 2.45) is 0 Å². The van der Waals surface area contributed by atoms with E-state index in [1.54, 1.807) is 0 Å². The number of hydrogen-bond acceptors (Lipinski definition) is 3. The number of anilines is 1. The van der Waals surface area contributed by atoms with Gasteiger partial charge in [-0.1, -0.05) is 34.1 Å². The molecule has 0 fully saturated rings. The van der Waals surface area contributed by atoms with Crippen LogP contribution in [0.1, 0.15) is 5.56 Å². The lowest BCUT2D eigenvalue weighted by atomic mass is 10.3. The molecule has 5 heteroatoms. The summed E-state index contributed by atoms with van der Waals surface area (Å²) < 4.78 is 2.97. The van der Waals surface area contributed by atoms with Gasteiger partial charge in [0.2, 0.25) is 0 Å². The smallest absolute Gasteiger partial charge is 0.0646 e. The Morgan fingerprint density at radius 2 is 1.83 bits per heavy atom. The molecule has 1 heterocycles. The van der Waals surface area contributed by atoms with Crippen molar-refractivity contribution in [3.8, 4) is 5.69 Å². The molecule has 1 N–H and O–H groups in total. The second-order valence-corrected chi connectivity index (χ2v) is 6.62. The molecule has 3 aromatic rings. The van der Waals surface area contributed by atoms with Crippen LogP contribution in [0.5, 0.6) is 0 Å². The predicted molar refractivity (Wildman–Crippen MR) is 103 cm³/mol. The Morgan fingerprint density at radius 1 is 1.08 bits per heavy atom. The van der Waals surface area contributed by atoms with E-state index < -0.39 is 0 Å². The molecule has 0 amide bonds. The van der Waals surface area contributed by atoms with Crippen molar-refractivity contribution in [3.63, 3.8) is 0 Å². The molecular weight excluding hydrogens is 364 g/mol. The standard InChI is InChI=1S/C19H21BrN4/c1-23(18-5-3-2-4-6-18)12-11-21-13-16-14-22-24(15-16)19-9-7-17(20)8-10-19/h2-10,14-15,21H,11-13H2,1H3. The number of nitrogens with one attached hydrogen (secondary N) is 1. The number of aromatic nitrogens is 2. The summed E-state index contributed by atoms with van der Waals surface area (Å²) in [6.07, 6.45) is 3.98. The average molecular weight is 385 g/mol. The monoisotopic (exact) mass is 384 g/mol. The summed E-state index contributed by atoms with van der Waals surface area (Å²) in [5.41, 5.74) is 3.48. The van der Waals surface area contributed by atoms with Gasteiger partial charge in [0.15, 0.2) is 0 Å². The van der Waals surface area contributed by atoms with Gasteiger partial charge >= 0.3 is 0 Å². The molecule has 0 unspecified atom stereocenters. The Hall–Kier alpha value is -2.11. The van der Waals surface area contributed by atoms with Crippen LogP contribution in [-0.4, -0.2) is 29.9 Å². The summed E-state index contributed by atoms with van der Waals surface area (Å²) in [6, 6.07) is 18.6. The van der Waals surface area contributed by atoms with Crippen LogP contribution in [0.25, 0.3) is 5.69 Å². The van der Waals surface area contributed by atoms with Crippen LogP contribution in [0.4, 0.5) is 5.69 Å². The maximum absolute atomic E-state index is 4.43. The summed E-state index contributed by atoms with van der Waals surface area (Å²) >= 11 is 3.45. The van der Waals surface area contributed by atoms with Crippen LogP contribution in [0, 0.1) is 0 Å². The maximum Gasteiger partial charge on any atom is 0.0646 e. The number of nitrogens with zero attached hydrogens (tertiary/aromatic N) is 3. The average Bonchev–Trinajstić information content (AvgIpc) is 3.09. The molecule has 0 atom stereocenters. The number of benzene rings is 2. The molecule has 0 spiro atoms. The Balaban J connectivity index is 1.47. The molecule has 0 aliphatic rings. The van der Waals surface area contributed by atoms with Crippen LogP contribution in [0.3, 0.4) is 0 Å². The van der Waals surface area contributed by atoms with Gasteiger partial charge in [0.1, 0.15) is 0 Å². The third-order valence-corrected chi connectivity index (χ3v) is 4.41. The van der Waals surface area contributed by atoms with Crippen molar-refractivity contribution in [2.45, 2.75) is 6.54 Å². The van der Waals surface area contributed by atoms with E-state index in [9.17, 15) is 0 Å². The molecule has 0 saturated heterocycles. The van der Waals surface area contributed by atoms with Gasteiger partial charge in [-0.25, -0.2) is 4.68 Å². The fraction of sp³-hybridized carbons (Fsp3) is 0.211. The molecule has 0 radical (unpaired) electrons. The summed E-state index contributed by atoms with van der Waals surface area (Å²) in [6.45, 7) is 2.71. The van der Waals surface area contributed by atoms with Crippen molar-refractivity contribution in [1.29, 1.82) is 0 Å². The molecule has 2 aromatic carbocycles. The first kappa shape index (κ1) is 16.7. The molecule has 124 valence electrons. The number of para-hydroxylation sites is 1. The molecule has 1 aromatic heterocycles. The van der Waals surface area contributed by atoms with E-state index in [1.165, 1.54) is 11.3 Å². The van der Waals surface area contributed by atoms with Crippen LogP contribution in [-0.2, 0) is 6.54 Å². The van der Waals surface area contributed by atoms with Gasteiger partial charge in [-0.3, -0.25) is 0 Å². The van der Waals surface area contributed by atoms with E-state index in [4.69, 9.17) is 0 Å². The lowest BCUT2D eigenvalue weighted by molar-refractivity contribution is 0.679. The van der Waals surface area contributed by atoms with Gasteiger partial charge < -0.3 is 10.2 Å². The fourth-order valence-electron chi connectivity index (χ4n) is 2.48. The molecule has 0 bridgehead atoms. The first-order valence-corrected chi connectivity index (χ1v) is 8.78.